The van der Waals surface area contributed by atoms with Gasteiger partial charge in [0.25, 0.3) is 0 Å². The molecule has 0 radical (unpaired) electrons. The highest BCUT2D eigenvalue weighted by Gasteiger charge is 2.33. The van der Waals surface area contributed by atoms with Crippen LogP contribution in [0, 0.1) is 6.92 Å². The van der Waals surface area contributed by atoms with Crippen LogP contribution >= 0.6 is 0 Å². The van der Waals surface area contributed by atoms with Gasteiger partial charge in [-0.25, -0.2) is 14.5 Å². The monoisotopic (exact) mass is 318 g/mol. The van der Waals surface area contributed by atoms with Gasteiger partial charge in [0, 0.05) is 6.20 Å². The van der Waals surface area contributed by atoms with Crippen LogP contribution in [0.3, 0.4) is 0 Å². The fourth-order valence-electron chi connectivity index (χ4n) is 2.54. The van der Waals surface area contributed by atoms with Crippen molar-refractivity contribution < 1.29 is 17.6 Å². The molecule has 0 spiro atoms. The quantitative estimate of drug-likeness (QED) is 0.535. The van der Waals surface area contributed by atoms with E-state index in [4.69, 9.17) is 4.42 Å². The Morgan fingerprint density at radius 3 is 2.74 bits per heavy atom. The Kier molecular flexibility index (Phi) is 2.72. The number of hydrogen-bond donors (Lipinski definition) is 0. The highest BCUT2D eigenvalue weighted by atomic mass is 19.4. The van der Waals surface area contributed by atoms with E-state index >= 15 is 0 Å². The number of alkyl halides is 3. The number of aryl methyl sites for hydroxylation is 1. The van der Waals surface area contributed by atoms with Gasteiger partial charge in [-0.05, 0) is 36.8 Å². The number of pyridine rings is 1. The summed E-state index contributed by atoms with van der Waals surface area (Å²) in [6.07, 6.45) is -1.45. The molecule has 0 saturated carbocycles. The van der Waals surface area contributed by atoms with Gasteiger partial charge in [0.05, 0.1) is 11.6 Å². The van der Waals surface area contributed by atoms with E-state index in [1.807, 2.05) is 0 Å². The number of halogens is 3. The molecule has 0 bridgehead atoms. The van der Waals surface area contributed by atoms with Gasteiger partial charge in [-0.15, -0.1) is 5.10 Å². The normalized spacial score (nSPS) is 12.3. The highest BCUT2D eigenvalue weighted by Crippen LogP contribution is 2.32. The molecule has 0 saturated heterocycles. The van der Waals surface area contributed by atoms with Crippen LogP contribution in [0.4, 0.5) is 13.2 Å². The minimum atomic E-state index is -4.52. The molecule has 0 aromatic carbocycles. The average molecular weight is 318 g/mol. The first kappa shape index (κ1) is 13.7. The predicted molar refractivity (Wildman–Crippen MR) is 75.7 cm³/mol. The van der Waals surface area contributed by atoms with E-state index in [2.05, 4.69) is 15.1 Å². The molecule has 0 unspecified atom stereocenters. The second kappa shape index (κ2) is 4.55. The first-order valence-corrected chi connectivity index (χ1v) is 6.71. The fraction of sp³-hybridized carbons (Fsp3) is 0.133. The Balaban J connectivity index is 2.08. The molecule has 0 amide bonds. The SMILES string of the molecule is Cc1cc(C(F)(F)F)nc2nn3c(-c4ccco4)ccnc3c12. The van der Waals surface area contributed by atoms with Crippen LogP contribution in [0.5, 0.6) is 0 Å². The van der Waals surface area contributed by atoms with E-state index in [-0.39, 0.29) is 5.65 Å². The number of aromatic nitrogens is 4. The number of furan rings is 1. The lowest BCUT2D eigenvalue weighted by atomic mass is 10.1. The number of rotatable bonds is 1. The van der Waals surface area contributed by atoms with Crippen molar-refractivity contribution in [2.75, 3.05) is 0 Å². The lowest BCUT2D eigenvalue weighted by Gasteiger charge is -2.06. The molecule has 0 N–H and O–H groups in total. The Morgan fingerprint density at radius 1 is 1.22 bits per heavy atom. The maximum Gasteiger partial charge on any atom is 0.433 e. The van der Waals surface area contributed by atoms with Crippen molar-refractivity contribution in [2.24, 2.45) is 0 Å². The zero-order valence-electron chi connectivity index (χ0n) is 11.8. The molecule has 4 aromatic rings. The largest absolute Gasteiger partial charge is 0.463 e. The predicted octanol–water partition coefficient (Wildman–Crippen LogP) is 3.86. The second-order valence-corrected chi connectivity index (χ2v) is 5.06. The Labute approximate surface area is 127 Å². The maximum absolute atomic E-state index is 12.9. The molecule has 0 fully saturated rings. The van der Waals surface area contributed by atoms with Crippen LogP contribution < -0.4 is 0 Å². The first-order chi connectivity index (χ1) is 10.9. The van der Waals surface area contributed by atoms with E-state index in [9.17, 15) is 13.2 Å². The zero-order chi connectivity index (χ0) is 16.2. The molecule has 0 aliphatic carbocycles. The van der Waals surface area contributed by atoms with Crippen molar-refractivity contribution in [3.05, 3.63) is 48.0 Å². The molecule has 4 aromatic heterocycles. The number of hydrogen-bond acceptors (Lipinski definition) is 4. The third-order valence-corrected chi connectivity index (χ3v) is 3.54. The number of fused-ring (bicyclic) bond motifs is 3. The molecular formula is C15H9F3N4O. The number of nitrogens with zero attached hydrogens (tertiary/aromatic N) is 4. The van der Waals surface area contributed by atoms with Gasteiger partial charge in [-0.2, -0.15) is 13.2 Å². The molecule has 116 valence electrons. The molecule has 4 rings (SSSR count). The summed E-state index contributed by atoms with van der Waals surface area (Å²) in [5.74, 6) is 0.541. The lowest BCUT2D eigenvalue weighted by molar-refractivity contribution is -0.141. The van der Waals surface area contributed by atoms with Crippen LogP contribution in [-0.4, -0.2) is 19.6 Å². The lowest BCUT2D eigenvalue weighted by Crippen LogP contribution is -2.08. The minimum Gasteiger partial charge on any atom is -0.463 e. The van der Waals surface area contributed by atoms with Crippen LogP contribution in [-0.2, 0) is 6.18 Å². The fourth-order valence-corrected chi connectivity index (χ4v) is 2.54. The molecule has 0 aliphatic heterocycles. The first-order valence-electron chi connectivity index (χ1n) is 6.71. The van der Waals surface area contributed by atoms with Gasteiger partial charge in [0.1, 0.15) is 11.4 Å². The minimum absolute atomic E-state index is 0.00355. The van der Waals surface area contributed by atoms with Crippen molar-refractivity contribution in [1.29, 1.82) is 0 Å². The summed E-state index contributed by atoms with van der Waals surface area (Å²) in [6, 6.07) is 6.14. The van der Waals surface area contributed by atoms with E-state index < -0.39 is 11.9 Å². The van der Waals surface area contributed by atoms with Crippen LogP contribution in [0.25, 0.3) is 28.1 Å². The molecule has 23 heavy (non-hydrogen) atoms. The van der Waals surface area contributed by atoms with Crippen molar-refractivity contribution in [3.63, 3.8) is 0 Å². The van der Waals surface area contributed by atoms with Gasteiger partial charge in [0.2, 0.25) is 0 Å². The van der Waals surface area contributed by atoms with Crippen molar-refractivity contribution in [2.45, 2.75) is 13.1 Å². The zero-order valence-corrected chi connectivity index (χ0v) is 11.8. The Morgan fingerprint density at radius 2 is 2.04 bits per heavy atom. The Bertz CT molecular complexity index is 1020. The summed E-state index contributed by atoms with van der Waals surface area (Å²) >= 11 is 0. The smallest absolute Gasteiger partial charge is 0.433 e. The molecule has 0 atom stereocenters. The summed E-state index contributed by atoms with van der Waals surface area (Å²) in [4.78, 5) is 7.87. The summed E-state index contributed by atoms with van der Waals surface area (Å²) < 4.78 is 45.6. The second-order valence-electron chi connectivity index (χ2n) is 5.06. The molecule has 5 nitrogen and oxygen atoms in total. The standard InChI is InChI=1S/C15H9F3N4O/c1-8-7-11(15(16,17)18)20-13-12(8)14-19-5-4-9(22(14)21-13)10-3-2-6-23-10/h2-7H,1H3. The topological polar surface area (TPSA) is 56.2 Å². The van der Waals surface area contributed by atoms with Gasteiger partial charge < -0.3 is 4.42 Å². The molecule has 4 heterocycles. The molecule has 0 aliphatic rings. The van der Waals surface area contributed by atoms with Crippen LogP contribution in [0.15, 0.2) is 41.1 Å². The molecule has 8 heteroatoms. The molecular weight excluding hydrogens is 309 g/mol. The van der Waals surface area contributed by atoms with Gasteiger partial charge in [0.15, 0.2) is 17.1 Å². The summed E-state index contributed by atoms with van der Waals surface area (Å²) in [5.41, 5.74) is 0.481. The van der Waals surface area contributed by atoms with Crippen LogP contribution in [0.1, 0.15) is 11.3 Å². The van der Waals surface area contributed by atoms with Gasteiger partial charge in [-0.3, -0.25) is 0 Å². The van der Waals surface area contributed by atoms with E-state index in [0.717, 1.165) is 6.07 Å². The van der Waals surface area contributed by atoms with Crippen molar-refractivity contribution in [1.82, 2.24) is 19.6 Å². The van der Waals surface area contributed by atoms with Crippen molar-refractivity contribution in [3.8, 4) is 11.5 Å². The van der Waals surface area contributed by atoms with E-state index in [1.54, 1.807) is 31.3 Å². The summed E-state index contributed by atoms with van der Waals surface area (Å²) in [7, 11) is 0. The highest BCUT2D eigenvalue weighted by molar-refractivity contribution is 5.93. The van der Waals surface area contributed by atoms with Gasteiger partial charge >= 0.3 is 6.18 Å². The summed E-state index contributed by atoms with van der Waals surface area (Å²) in [5, 5.41) is 4.68. The van der Waals surface area contributed by atoms with Crippen LogP contribution in [0.2, 0.25) is 0 Å². The van der Waals surface area contributed by atoms with E-state index in [1.165, 1.54) is 10.8 Å². The Hall–Kier alpha value is -2.90. The average Bonchev–Trinajstić information content (AvgIpc) is 3.13. The van der Waals surface area contributed by atoms with Gasteiger partial charge in [-0.1, -0.05) is 0 Å². The third-order valence-electron chi connectivity index (χ3n) is 3.54. The van der Waals surface area contributed by atoms with E-state index in [0.29, 0.717) is 28.1 Å². The van der Waals surface area contributed by atoms with Crippen molar-refractivity contribution >= 4 is 16.7 Å². The maximum atomic E-state index is 12.9. The summed E-state index contributed by atoms with van der Waals surface area (Å²) in [6.45, 7) is 1.59. The third kappa shape index (κ3) is 2.06.